The normalized spacial score (nSPS) is 19.7. The number of amides is 1. The summed E-state index contributed by atoms with van der Waals surface area (Å²) in [7, 11) is 0. The minimum absolute atomic E-state index is 0.0843. The Hall–Kier alpha value is -1.83. The molecule has 29 heavy (non-hydrogen) atoms. The second-order valence-electron chi connectivity index (χ2n) is 8.12. The molecule has 1 amide bonds. The lowest BCUT2D eigenvalue weighted by molar-refractivity contribution is -0.142. The Kier molecular flexibility index (Phi) is 8.74. The van der Waals surface area contributed by atoms with Crippen molar-refractivity contribution in [3.05, 3.63) is 29.3 Å². The Labute approximate surface area is 177 Å². The first-order valence-corrected chi connectivity index (χ1v) is 10.4. The lowest BCUT2D eigenvalue weighted by Gasteiger charge is -2.38. The minimum atomic E-state index is -0.728. The molecule has 0 spiro atoms. The minimum Gasteiger partial charge on any atom is -0.444 e. The van der Waals surface area contributed by atoms with Crippen LogP contribution in [-0.4, -0.2) is 47.8 Å². The average molecular weight is 427 g/mol. The van der Waals surface area contributed by atoms with Gasteiger partial charge in [0, 0.05) is 11.6 Å². The standard InChI is InChI=1S/C21H31ClN2O5/c1-5-6-13-27-23-16-9-12-18(24(14-16)20(26)29-21(2,3)4)19(25)28-17-10-7-15(22)8-11-17/h7-8,10-11,16,18,23H,5-6,9,12-14H2,1-4H3/t16-,18+/m1/s1. The van der Waals surface area contributed by atoms with E-state index in [9.17, 15) is 9.59 Å². The number of esters is 1. The first-order chi connectivity index (χ1) is 13.7. The summed E-state index contributed by atoms with van der Waals surface area (Å²) < 4.78 is 11.0. The molecule has 8 heteroatoms. The van der Waals surface area contributed by atoms with E-state index >= 15 is 0 Å². The van der Waals surface area contributed by atoms with E-state index in [1.807, 2.05) is 0 Å². The van der Waals surface area contributed by atoms with E-state index in [1.54, 1.807) is 45.0 Å². The zero-order valence-electron chi connectivity index (χ0n) is 17.6. The van der Waals surface area contributed by atoms with E-state index in [0.717, 1.165) is 12.8 Å². The fourth-order valence-electron chi connectivity index (χ4n) is 2.91. The molecule has 0 saturated carbocycles. The summed E-state index contributed by atoms with van der Waals surface area (Å²) in [5.41, 5.74) is 2.34. The van der Waals surface area contributed by atoms with Gasteiger partial charge in [0.2, 0.25) is 0 Å². The predicted molar refractivity (Wildman–Crippen MR) is 111 cm³/mol. The SMILES string of the molecule is CCCCON[C@@H]1CC[C@@H](C(=O)Oc2ccc(Cl)cc2)N(C(=O)OC(C)(C)C)C1. The van der Waals surface area contributed by atoms with Crippen molar-refractivity contribution in [3.63, 3.8) is 0 Å². The van der Waals surface area contributed by atoms with Crippen LogP contribution in [-0.2, 0) is 14.4 Å². The maximum absolute atomic E-state index is 12.8. The van der Waals surface area contributed by atoms with E-state index in [2.05, 4.69) is 12.4 Å². The number of piperidine rings is 1. The summed E-state index contributed by atoms with van der Waals surface area (Å²) in [6.07, 6.45) is 2.56. The highest BCUT2D eigenvalue weighted by Crippen LogP contribution is 2.24. The number of rotatable bonds is 7. The van der Waals surface area contributed by atoms with Gasteiger partial charge in [-0.1, -0.05) is 24.9 Å². The number of benzene rings is 1. The Morgan fingerprint density at radius 2 is 1.90 bits per heavy atom. The molecule has 7 nitrogen and oxygen atoms in total. The number of ether oxygens (including phenoxy) is 2. The molecule has 1 N–H and O–H groups in total. The van der Waals surface area contributed by atoms with Crippen molar-refractivity contribution < 1.29 is 23.9 Å². The van der Waals surface area contributed by atoms with E-state index in [1.165, 1.54) is 4.90 Å². The van der Waals surface area contributed by atoms with Gasteiger partial charge in [-0.15, -0.1) is 0 Å². The van der Waals surface area contributed by atoms with Gasteiger partial charge in [-0.2, -0.15) is 5.48 Å². The van der Waals surface area contributed by atoms with Gasteiger partial charge in [0.25, 0.3) is 0 Å². The molecule has 1 aromatic rings. The molecule has 0 bridgehead atoms. The Balaban J connectivity index is 2.06. The molecule has 1 aliphatic rings. The van der Waals surface area contributed by atoms with Crippen molar-refractivity contribution in [1.29, 1.82) is 0 Å². The highest BCUT2D eigenvalue weighted by Gasteiger charge is 2.39. The van der Waals surface area contributed by atoms with Gasteiger partial charge in [-0.05, 0) is 64.3 Å². The summed E-state index contributed by atoms with van der Waals surface area (Å²) >= 11 is 5.87. The highest BCUT2D eigenvalue weighted by molar-refractivity contribution is 6.30. The predicted octanol–water partition coefficient (Wildman–Crippen LogP) is 4.33. The number of unbranched alkanes of at least 4 members (excludes halogenated alkanes) is 1. The third kappa shape index (κ3) is 7.84. The summed E-state index contributed by atoms with van der Waals surface area (Å²) in [4.78, 5) is 32.5. The van der Waals surface area contributed by atoms with Gasteiger partial charge in [0.1, 0.15) is 17.4 Å². The van der Waals surface area contributed by atoms with Gasteiger partial charge >= 0.3 is 12.1 Å². The Morgan fingerprint density at radius 3 is 2.52 bits per heavy atom. The fourth-order valence-corrected chi connectivity index (χ4v) is 3.04. The molecule has 1 aliphatic heterocycles. The number of hydrogen-bond acceptors (Lipinski definition) is 6. The molecule has 0 unspecified atom stereocenters. The van der Waals surface area contributed by atoms with Crippen LogP contribution in [0.25, 0.3) is 0 Å². The van der Waals surface area contributed by atoms with Crippen LogP contribution < -0.4 is 10.2 Å². The molecule has 162 valence electrons. The van der Waals surface area contributed by atoms with E-state index < -0.39 is 23.7 Å². The number of carbonyl (C=O) groups is 2. The van der Waals surface area contributed by atoms with Crippen molar-refractivity contribution >= 4 is 23.7 Å². The molecule has 0 aromatic heterocycles. The van der Waals surface area contributed by atoms with Crippen LogP contribution in [0.15, 0.2) is 24.3 Å². The third-order valence-electron chi connectivity index (χ3n) is 4.36. The van der Waals surface area contributed by atoms with E-state index in [-0.39, 0.29) is 6.04 Å². The zero-order chi connectivity index (χ0) is 21.4. The molecule has 0 radical (unpaired) electrons. The van der Waals surface area contributed by atoms with Crippen LogP contribution in [0.3, 0.4) is 0 Å². The quantitative estimate of drug-likeness (QED) is 0.302. The van der Waals surface area contributed by atoms with E-state index in [0.29, 0.717) is 36.8 Å². The van der Waals surface area contributed by atoms with Crippen LogP contribution in [0.2, 0.25) is 5.02 Å². The Morgan fingerprint density at radius 1 is 1.21 bits per heavy atom. The third-order valence-corrected chi connectivity index (χ3v) is 4.62. The number of hydroxylamine groups is 1. The molecule has 1 aromatic carbocycles. The van der Waals surface area contributed by atoms with Gasteiger partial charge < -0.3 is 14.3 Å². The number of hydrogen-bond donors (Lipinski definition) is 1. The maximum atomic E-state index is 12.8. The fraction of sp³-hybridized carbons (Fsp3) is 0.619. The number of nitrogens with zero attached hydrogens (tertiary/aromatic N) is 1. The topological polar surface area (TPSA) is 77.1 Å². The first-order valence-electron chi connectivity index (χ1n) is 10.0. The summed E-state index contributed by atoms with van der Waals surface area (Å²) in [5, 5.41) is 0.551. The number of halogens is 1. The van der Waals surface area contributed by atoms with Crippen LogP contribution >= 0.6 is 11.6 Å². The first kappa shape index (κ1) is 23.4. The number of likely N-dealkylation sites (tertiary alicyclic amines) is 1. The van der Waals surface area contributed by atoms with Crippen molar-refractivity contribution in [3.8, 4) is 5.75 Å². The van der Waals surface area contributed by atoms with Crippen LogP contribution in [0.5, 0.6) is 5.75 Å². The Bertz CT molecular complexity index is 675. The molecule has 1 saturated heterocycles. The summed E-state index contributed by atoms with van der Waals surface area (Å²) in [5.74, 6) is -0.116. The zero-order valence-corrected chi connectivity index (χ0v) is 18.3. The second kappa shape index (κ2) is 10.8. The lowest BCUT2D eigenvalue weighted by atomic mass is 9.99. The van der Waals surface area contributed by atoms with Crippen molar-refractivity contribution in [2.24, 2.45) is 0 Å². The summed E-state index contributed by atoms with van der Waals surface area (Å²) in [6.45, 7) is 8.35. The molecule has 1 fully saturated rings. The molecule has 0 aliphatic carbocycles. The highest BCUT2D eigenvalue weighted by atomic mass is 35.5. The van der Waals surface area contributed by atoms with Crippen molar-refractivity contribution in [1.82, 2.24) is 10.4 Å². The average Bonchev–Trinajstić information content (AvgIpc) is 2.65. The number of carbonyl (C=O) groups excluding carboxylic acids is 2. The molecular formula is C21H31ClN2O5. The molecular weight excluding hydrogens is 396 g/mol. The van der Waals surface area contributed by atoms with Crippen molar-refractivity contribution in [2.75, 3.05) is 13.2 Å². The number of nitrogens with one attached hydrogen (secondary N) is 1. The molecule has 2 atom stereocenters. The monoisotopic (exact) mass is 426 g/mol. The molecule has 1 heterocycles. The summed E-state index contributed by atoms with van der Waals surface area (Å²) in [6, 6.07) is 5.71. The van der Waals surface area contributed by atoms with Crippen molar-refractivity contribution in [2.45, 2.75) is 71.1 Å². The van der Waals surface area contributed by atoms with Crippen LogP contribution in [0, 0.1) is 0 Å². The van der Waals surface area contributed by atoms with Gasteiger partial charge in [0.05, 0.1) is 12.6 Å². The second-order valence-corrected chi connectivity index (χ2v) is 8.55. The van der Waals surface area contributed by atoms with Gasteiger partial charge in [-0.3, -0.25) is 4.90 Å². The maximum Gasteiger partial charge on any atom is 0.411 e. The smallest absolute Gasteiger partial charge is 0.411 e. The van der Waals surface area contributed by atoms with Crippen LogP contribution in [0.1, 0.15) is 53.4 Å². The lowest BCUT2D eigenvalue weighted by Crippen LogP contribution is -2.57. The van der Waals surface area contributed by atoms with Gasteiger partial charge in [0.15, 0.2) is 0 Å². The molecule has 2 rings (SSSR count). The van der Waals surface area contributed by atoms with Gasteiger partial charge in [-0.25, -0.2) is 9.59 Å². The van der Waals surface area contributed by atoms with E-state index in [4.69, 9.17) is 25.9 Å². The van der Waals surface area contributed by atoms with Crippen LogP contribution in [0.4, 0.5) is 4.79 Å². The largest absolute Gasteiger partial charge is 0.444 e.